The second-order valence-corrected chi connectivity index (χ2v) is 5.55. The maximum absolute atomic E-state index is 12.4. The number of halogens is 2. The van der Waals surface area contributed by atoms with Crippen LogP contribution in [0.2, 0.25) is 10.2 Å². The van der Waals surface area contributed by atoms with Gasteiger partial charge < -0.3 is 9.64 Å². The number of nitrogens with zero attached hydrogens (tertiary/aromatic N) is 2. The van der Waals surface area contributed by atoms with E-state index in [9.17, 15) is 4.79 Å². The van der Waals surface area contributed by atoms with Crippen molar-refractivity contribution in [2.75, 3.05) is 20.2 Å². The van der Waals surface area contributed by atoms with Crippen molar-refractivity contribution in [3.8, 4) is 0 Å². The molecule has 1 aromatic heterocycles. The van der Waals surface area contributed by atoms with Gasteiger partial charge in [-0.2, -0.15) is 0 Å². The highest BCUT2D eigenvalue weighted by Crippen LogP contribution is 2.23. The first-order valence-corrected chi connectivity index (χ1v) is 6.91. The Morgan fingerprint density at radius 3 is 2.89 bits per heavy atom. The third kappa shape index (κ3) is 3.19. The third-order valence-electron chi connectivity index (χ3n) is 3.52. The number of hydrogen-bond donors (Lipinski definition) is 0. The second-order valence-electron chi connectivity index (χ2n) is 4.79. The Morgan fingerprint density at radius 2 is 2.26 bits per heavy atom. The fourth-order valence-electron chi connectivity index (χ4n) is 2.25. The number of aromatic nitrogens is 1. The minimum atomic E-state index is -0.0833. The van der Waals surface area contributed by atoms with Gasteiger partial charge in [0.2, 0.25) is 0 Å². The van der Waals surface area contributed by atoms with E-state index in [2.05, 4.69) is 11.9 Å². The first-order valence-electron chi connectivity index (χ1n) is 6.16. The summed E-state index contributed by atoms with van der Waals surface area (Å²) >= 11 is 11.6. The van der Waals surface area contributed by atoms with Crippen LogP contribution in [0.25, 0.3) is 0 Å². The van der Waals surface area contributed by atoms with E-state index in [4.69, 9.17) is 27.9 Å². The molecule has 0 N–H and O–H groups in total. The van der Waals surface area contributed by atoms with E-state index in [0.29, 0.717) is 23.0 Å². The van der Waals surface area contributed by atoms with E-state index < -0.39 is 0 Å². The zero-order chi connectivity index (χ0) is 14.0. The molecule has 0 spiro atoms. The number of methoxy groups -OCH3 is 1. The number of pyridine rings is 1. The Morgan fingerprint density at radius 1 is 1.53 bits per heavy atom. The molecule has 6 heteroatoms. The quantitative estimate of drug-likeness (QED) is 0.789. The molecule has 1 aliphatic heterocycles. The van der Waals surface area contributed by atoms with Crippen LogP contribution in [0.4, 0.5) is 0 Å². The molecule has 4 nitrogen and oxygen atoms in total. The van der Waals surface area contributed by atoms with Crippen molar-refractivity contribution in [1.29, 1.82) is 0 Å². The molecule has 1 aliphatic rings. The van der Waals surface area contributed by atoms with Gasteiger partial charge in [-0.3, -0.25) is 4.79 Å². The second kappa shape index (κ2) is 6.07. The smallest absolute Gasteiger partial charge is 0.255 e. The zero-order valence-corrected chi connectivity index (χ0v) is 12.4. The summed E-state index contributed by atoms with van der Waals surface area (Å²) in [5, 5.41) is 0.501. The Labute approximate surface area is 122 Å². The van der Waals surface area contributed by atoms with Gasteiger partial charge in [0.15, 0.2) is 0 Å². The molecule has 19 heavy (non-hydrogen) atoms. The molecule has 0 bridgehead atoms. The SMILES string of the molecule is COC1CN(C(=O)c2cnc(Cl)c(Cl)c2)CCC1C. The molecule has 0 aliphatic carbocycles. The van der Waals surface area contributed by atoms with E-state index in [0.717, 1.165) is 13.0 Å². The molecule has 2 heterocycles. The van der Waals surface area contributed by atoms with E-state index in [1.165, 1.54) is 6.20 Å². The van der Waals surface area contributed by atoms with Gasteiger partial charge in [0.05, 0.1) is 16.7 Å². The van der Waals surface area contributed by atoms with E-state index >= 15 is 0 Å². The number of piperidine rings is 1. The number of ether oxygens (including phenoxy) is 1. The van der Waals surface area contributed by atoms with Crippen LogP contribution >= 0.6 is 23.2 Å². The maximum atomic E-state index is 12.4. The van der Waals surface area contributed by atoms with Crippen molar-refractivity contribution in [2.45, 2.75) is 19.4 Å². The van der Waals surface area contributed by atoms with Crippen LogP contribution in [-0.2, 0) is 4.74 Å². The fraction of sp³-hybridized carbons (Fsp3) is 0.538. The largest absolute Gasteiger partial charge is 0.379 e. The van der Waals surface area contributed by atoms with Crippen LogP contribution in [0.15, 0.2) is 12.3 Å². The highest BCUT2D eigenvalue weighted by atomic mass is 35.5. The molecule has 1 amide bonds. The third-order valence-corrected chi connectivity index (χ3v) is 4.21. The van der Waals surface area contributed by atoms with Gasteiger partial charge in [-0.25, -0.2) is 4.98 Å². The van der Waals surface area contributed by atoms with Crippen LogP contribution < -0.4 is 0 Å². The number of amides is 1. The summed E-state index contributed by atoms with van der Waals surface area (Å²) in [6, 6.07) is 1.55. The number of carbonyl (C=O) groups is 1. The molecule has 104 valence electrons. The summed E-state index contributed by atoms with van der Waals surface area (Å²) < 4.78 is 5.41. The predicted molar refractivity (Wildman–Crippen MR) is 74.7 cm³/mol. The molecule has 0 aromatic carbocycles. The predicted octanol–water partition coefficient (Wildman–Crippen LogP) is 2.89. The van der Waals surface area contributed by atoms with Gasteiger partial charge in [0, 0.05) is 26.4 Å². The number of carbonyl (C=O) groups excluding carboxylic acids is 1. The zero-order valence-electron chi connectivity index (χ0n) is 10.9. The number of likely N-dealkylation sites (tertiary alicyclic amines) is 1. The average Bonchev–Trinajstić information content (AvgIpc) is 2.41. The monoisotopic (exact) mass is 302 g/mol. The Kier molecular flexibility index (Phi) is 4.66. The van der Waals surface area contributed by atoms with E-state index in [1.807, 2.05) is 0 Å². The van der Waals surface area contributed by atoms with Crippen molar-refractivity contribution in [2.24, 2.45) is 5.92 Å². The summed E-state index contributed by atoms with van der Waals surface area (Å²) in [6.45, 7) is 3.45. The van der Waals surface area contributed by atoms with Crippen LogP contribution in [0.5, 0.6) is 0 Å². The van der Waals surface area contributed by atoms with E-state index in [1.54, 1.807) is 18.1 Å². The lowest BCUT2D eigenvalue weighted by Crippen LogP contribution is -2.46. The van der Waals surface area contributed by atoms with Crippen LogP contribution in [0, 0.1) is 5.92 Å². The van der Waals surface area contributed by atoms with Gasteiger partial charge in [-0.1, -0.05) is 30.1 Å². The summed E-state index contributed by atoms with van der Waals surface area (Å²) in [5.74, 6) is 0.376. The van der Waals surface area contributed by atoms with Crippen molar-refractivity contribution in [3.63, 3.8) is 0 Å². The lowest BCUT2D eigenvalue weighted by atomic mass is 9.95. The van der Waals surface area contributed by atoms with Gasteiger partial charge in [-0.15, -0.1) is 0 Å². The van der Waals surface area contributed by atoms with Crippen molar-refractivity contribution < 1.29 is 9.53 Å². The van der Waals surface area contributed by atoms with E-state index in [-0.39, 0.29) is 17.2 Å². The molecular weight excluding hydrogens is 287 g/mol. The number of hydrogen-bond acceptors (Lipinski definition) is 3. The minimum absolute atomic E-state index is 0.0773. The molecule has 1 fully saturated rings. The number of rotatable bonds is 2. The molecule has 2 unspecified atom stereocenters. The van der Waals surface area contributed by atoms with Crippen molar-refractivity contribution in [1.82, 2.24) is 9.88 Å². The van der Waals surface area contributed by atoms with Crippen LogP contribution in [-0.4, -0.2) is 42.1 Å². The highest BCUT2D eigenvalue weighted by molar-refractivity contribution is 6.41. The summed E-state index contributed by atoms with van der Waals surface area (Å²) in [7, 11) is 1.68. The lowest BCUT2D eigenvalue weighted by Gasteiger charge is -2.36. The highest BCUT2D eigenvalue weighted by Gasteiger charge is 2.29. The van der Waals surface area contributed by atoms with Crippen molar-refractivity contribution in [3.05, 3.63) is 28.0 Å². The molecule has 2 atom stereocenters. The molecule has 0 saturated carbocycles. The molecule has 1 aromatic rings. The molecule has 1 saturated heterocycles. The summed E-state index contributed by atoms with van der Waals surface area (Å²) in [5.41, 5.74) is 0.457. The average molecular weight is 303 g/mol. The van der Waals surface area contributed by atoms with Crippen LogP contribution in [0.3, 0.4) is 0 Å². The maximum Gasteiger partial charge on any atom is 0.255 e. The van der Waals surface area contributed by atoms with Gasteiger partial charge in [0.25, 0.3) is 5.91 Å². The molecule has 0 radical (unpaired) electrons. The topological polar surface area (TPSA) is 42.4 Å². The van der Waals surface area contributed by atoms with Crippen LogP contribution in [0.1, 0.15) is 23.7 Å². The standard InChI is InChI=1S/C13H16Cl2N2O2/c1-8-3-4-17(7-11(8)19-2)13(18)9-5-10(14)12(15)16-6-9/h5-6,8,11H,3-4,7H2,1-2H3. The first-order chi connectivity index (χ1) is 9.02. The molecule has 2 rings (SSSR count). The van der Waals surface area contributed by atoms with Gasteiger partial charge in [0.1, 0.15) is 5.15 Å². The van der Waals surface area contributed by atoms with Gasteiger partial charge >= 0.3 is 0 Å². The molecular formula is C13H16Cl2N2O2. The Bertz CT molecular complexity index is 482. The Balaban J connectivity index is 2.13. The van der Waals surface area contributed by atoms with Gasteiger partial charge in [-0.05, 0) is 18.4 Å². The van der Waals surface area contributed by atoms with Crippen molar-refractivity contribution >= 4 is 29.1 Å². The Hall–Kier alpha value is -0.840. The summed E-state index contributed by atoms with van der Waals surface area (Å²) in [6.07, 6.45) is 2.46. The fourth-order valence-corrected chi connectivity index (χ4v) is 2.52. The normalized spacial score (nSPS) is 23.5. The lowest BCUT2D eigenvalue weighted by molar-refractivity contribution is -0.00157. The minimum Gasteiger partial charge on any atom is -0.379 e. The first kappa shape index (κ1) is 14.6. The summed E-state index contributed by atoms with van der Waals surface area (Å²) in [4.78, 5) is 18.0.